The van der Waals surface area contributed by atoms with Gasteiger partial charge in [0.1, 0.15) is 12.3 Å². The zero-order valence-corrected chi connectivity index (χ0v) is 9.36. The van der Waals surface area contributed by atoms with Gasteiger partial charge in [0.25, 0.3) is 0 Å². The van der Waals surface area contributed by atoms with Gasteiger partial charge in [-0.3, -0.25) is 9.79 Å². The van der Waals surface area contributed by atoms with Gasteiger partial charge in [-0.1, -0.05) is 5.57 Å². The Morgan fingerprint density at radius 3 is 2.20 bits per heavy atom. The fraction of sp³-hybridized carbons (Fsp3) is 0.500. The Hall–Kier alpha value is -1.65. The summed E-state index contributed by atoms with van der Waals surface area (Å²) in [6.07, 6.45) is 1.55. The lowest BCUT2D eigenvalue weighted by molar-refractivity contribution is -0.138. The van der Waals surface area contributed by atoms with Gasteiger partial charge in [0.15, 0.2) is 0 Å². The Kier molecular flexibility index (Phi) is 6.01. The highest BCUT2D eigenvalue weighted by atomic mass is 16.5. The predicted octanol–water partition coefficient (Wildman–Crippen LogP) is 0.740. The van der Waals surface area contributed by atoms with Gasteiger partial charge in [0, 0.05) is 0 Å². The van der Waals surface area contributed by atoms with Crippen LogP contribution < -0.4 is 0 Å². The van der Waals surface area contributed by atoms with Crippen LogP contribution in [0.1, 0.15) is 13.8 Å². The molecule has 0 saturated carbocycles. The number of esters is 2. The molecule has 0 aromatic carbocycles. The summed E-state index contributed by atoms with van der Waals surface area (Å²) in [4.78, 5) is 25.8. The molecule has 0 heterocycles. The van der Waals surface area contributed by atoms with Crippen LogP contribution in [0.5, 0.6) is 0 Å². The molecule has 5 heteroatoms. The number of methoxy groups -OCH3 is 2. The first kappa shape index (κ1) is 13.4. The van der Waals surface area contributed by atoms with Crippen LogP contribution in [0.4, 0.5) is 0 Å². The number of allylic oxidation sites excluding steroid dienone is 1. The molecule has 84 valence electrons. The molecule has 0 bridgehead atoms. The van der Waals surface area contributed by atoms with Crippen molar-refractivity contribution in [2.45, 2.75) is 13.8 Å². The second-order valence-electron chi connectivity index (χ2n) is 2.99. The lowest BCUT2D eigenvalue weighted by Gasteiger charge is -2.00. The van der Waals surface area contributed by atoms with Gasteiger partial charge in [-0.05, 0) is 19.9 Å². The maximum Gasteiger partial charge on any atom is 0.356 e. The Morgan fingerprint density at radius 1 is 1.20 bits per heavy atom. The molecule has 0 aliphatic carbocycles. The minimum atomic E-state index is -0.569. The van der Waals surface area contributed by atoms with Crippen LogP contribution >= 0.6 is 0 Å². The summed E-state index contributed by atoms with van der Waals surface area (Å²) in [6.45, 7) is 3.44. The fourth-order valence-corrected chi connectivity index (χ4v) is 0.761. The lowest BCUT2D eigenvalue weighted by atomic mass is 10.2. The molecule has 0 atom stereocenters. The van der Waals surface area contributed by atoms with Gasteiger partial charge in [-0.25, -0.2) is 4.79 Å². The molecule has 0 rings (SSSR count). The summed E-state index contributed by atoms with van der Waals surface area (Å²) in [5.41, 5.74) is 1.01. The maximum atomic E-state index is 11.2. The molecule has 5 nitrogen and oxygen atoms in total. The summed E-state index contributed by atoms with van der Waals surface area (Å²) in [6, 6.07) is 0. The van der Waals surface area contributed by atoms with Gasteiger partial charge in [0.05, 0.1) is 14.2 Å². The number of rotatable bonds is 4. The first-order valence-corrected chi connectivity index (χ1v) is 4.35. The number of hydrogen-bond donors (Lipinski definition) is 0. The number of carbonyl (C=O) groups excluding carboxylic acids is 2. The Balaban J connectivity index is 4.71. The molecule has 0 aromatic rings. The number of aliphatic imine (C=N–C) groups is 1. The van der Waals surface area contributed by atoms with E-state index in [0.29, 0.717) is 0 Å². The SMILES string of the molecule is COC(=O)C/N=C(\C=C(C)C)C(=O)OC. The van der Waals surface area contributed by atoms with E-state index in [1.165, 1.54) is 14.2 Å². The van der Waals surface area contributed by atoms with Crippen LogP contribution in [-0.4, -0.2) is 38.4 Å². The van der Waals surface area contributed by atoms with E-state index in [1.54, 1.807) is 6.08 Å². The minimum Gasteiger partial charge on any atom is -0.468 e. The fourth-order valence-electron chi connectivity index (χ4n) is 0.761. The molecule has 15 heavy (non-hydrogen) atoms. The van der Waals surface area contributed by atoms with Gasteiger partial charge in [-0.2, -0.15) is 0 Å². The van der Waals surface area contributed by atoms with E-state index in [9.17, 15) is 9.59 Å². The smallest absolute Gasteiger partial charge is 0.356 e. The average molecular weight is 213 g/mol. The minimum absolute atomic E-state index is 0.114. The molecule has 0 amide bonds. The first-order valence-electron chi connectivity index (χ1n) is 4.35. The summed E-state index contributed by atoms with van der Waals surface area (Å²) >= 11 is 0. The van der Waals surface area contributed by atoms with Gasteiger partial charge in [-0.15, -0.1) is 0 Å². The molecule has 0 aliphatic heterocycles. The first-order chi connectivity index (χ1) is 7.01. The topological polar surface area (TPSA) is 65.0 Å². The van der Waals surface area contributed by atoms with E-state index in [-0.39, 0.29) is 12.3 Å². The van der Waals surface area contributed by atoms with E-state index >= 15 is 0 Å². The summed E-state index contributed by atoms with van der Waals surface area (Å²) in [5.74, 6) is -1.07. The van der Waals surface area contributed by atoms with Crippen molar-refractivity contribution in [1.82, 2.24) is 0 Å². The maximum absolute atomic E-state index is 11.2. The Morgan fingerprint density at radius 2 is 1.80 bits per heavy atom. The van der Waals surface area contributed by atoms with Crippen molar-refractivity contribution < 1.29 is 19.1 Å². The van der Waals surface area contributed by atoms with Crippen LogP contribution in [0.2, 0.25) is 0 Å². The second kappa shape index (κ2) is 6.75. The molecular formula is C10H15NO4. The molecule has 0 spiro atoms. The quantitative estimate of drug-likeness (QED) is 0.510. The van der Waals surface area contributed by atoms with Crippen LogP contribution in [0.25, 0.3) is 0 Å². The van der Waals surface area contributed by atoms with Crippen LogP contribution in [0, 0.1) is 0 Å². The summed E-state index contributed by atoms with van der Waals surface area (Å²) in [7, 11) is 2.52. The number of nitrogens with zero attached hydrogens (tertiary/aromatic N) is 1. The Bertz CT molecular complexity index is 301. The second-order valence-corrected chi connectivity index (χ2v) is 2.99. The van der Waals surface area contributed by atoms with E-state index in [2.05, 4.69) is 14.5 Å². The van der Waals surface area contributed by atoms with Crippen LogP contribution in [0.15, 0.2) is 16.6 Å². The molecule has 0 saturated heterocycles. The molecular weight excluding hydrogens is 198 g/mol. The standard InChI is InChI=1S/C10H15NO4/c1-7(2)5-8(10(13)15-4)11-6-9(12)14-3/h5H,6H2,1-4H3/b11-8+. The van der Waals surface area contributed by atoms with Gasteiger partial charge < -0.3 is 9.47 Å². The third-order valence-electron chi connectivity index (χ3n) is 1.43. The van der Waals surface area contributed by atoms with Gasteiger partial charge in [0.2, 0.25) is 0 Å². The van der Waals surface area contributed by atoms with Crippen molar-refractivity contribution in [3.05, 3.63) is 11.6 Å². The molecule has 0 aliphatic rings. The Labute approximate surface area is 88.8 Å². The van der Waals surface area contributed by atoms with E-state index in [1.807, 2.05) is 13.8 Å². The van der Waals surface area contributed by atoms with Crippen molar-refractivity contribution in [3.63, 3.8) is 0 Å². The highest BCUT2D eigenvalue weighted by Gasteiger charge is 2.09. The number of ether oxygens (including phenoxy) is 2. The van der Waals surface area contributed by atoms with Crippen molar-refractivity contribution in [3.8, 4) is 0 Å². The van der Waals surface area contributed by atoms with Crippen molar-refractivity contribution in [2.75, 3.05) is 20.8 Å². The molecule has 0 fully saturated rings. The predicted molar refractivity (Wildman–Crippen MR) is 55.8 cm³/mol. The van der Waals surface area contributed by atoms with E-state index < -0.39 is 11.9 Å². The van der Waals surface area contributed by atoms with Gasteiger partial charge >= 0.3 is 11.9 Å². The normalized spacial score (nSPS) is 10.5. The number of carbonyl (C=O) groups is 2. The largest absolute Gasteiger partial charge is 0.468 e. The third kappa shape index (κ3) is 5.61. The zero-order valence-electron chi connectivity index (χ0n) is 9.36. The average Bonchev–Trinajstić information content (AvgIpc) is 2.21. The third-order valence-corrected chi connectivity index (χ3v) is 1.43. The highest BCUT2D eigenvalue weighted by molar-refractivity contribution is 6.41. The highest BCUT2D eigenvalue weighted by Crippen LogP contribution is 1.94. The van der Waals surface area contributed by atoms with Crippen molar-refractivity contribution in [2.24, 2.45) is 4.99 Å². The molecule has 0 unspecified atom stereocenters. The summed E-state index contributed by atoms with van der Waals surface area (Å²) < 4.78 is 8.91. The van der Waals surface area contributed by atoms with Crippen LogP contribution in [-0.2, 0) is 19.1 Å². The molecule has 0 N–H and O–H groups in total. The summed E-state index contributed by atoms with van der Waals surface area (Å²) in [5, 5.41) is 0. The van der Waals surface area contributed by atoms with Crippen LogP contribution in [0.3, 0.4) is 0 Å². The van der Waals surface area contributed by atoms with E-state index in [4.69, 9.17) is 0 Å². The van der Waals surface area contributed by atoms with Crippen molar-refractivity contribution >= 4 is 17.7 Å². The molecule has 0 aromatic heterocycles. The zero-order chi connectivity index (χ0) is 11.8. The lowest BCUT2D eigenvalue weighted by Crippen LogP contribution is -2.16. The van der Waals surface area contributed by atoms with Crippen molar-refractivity contribution in [1.29, 1.82) is 0 Å². The van der Waals surface area contributed by atoms with E-state index in [0.717, 1.165) is 5.57 Å². The monoisotopic (exact) mass is 213 g/mol. The number of hydrogen-bond acceptors (Lipinski definition) is 5. The molecule has 0 radical (unpaired) electrons.